The Hall–Kier alpha value is -5.16. The van der Waals surface area contributed by atoms with Crippen LogP contribution in [0.1, 0.15) is 10.4 Å². The summed E-state index contributed by atoms with van der Waals surface area (Å²) in [6.07, 6.45) is 2.74. The summed E-state index contributed by atoms with van der Waals surface area (Å²) >= 11 is 0. The average molecular weight is 584 g/mol. The van der Waals surface area contributed by atoms with Crippen molar-refractivity contribution in [1.29, 1.82) is 0 Å². The SMILES string of the molecule is CNC(=O)c1c(-c2ccc(F)cc2)oc2cc(N(C)S(C)(=O)=O)c(-c3ccnc(-c4cc5c(N)cccc5[nH]4)c3)cc12. The smallest absolute Gasteiger partial charge is 0.255 e. The van der Waals surface area contributed by atoms with Gasteiger partial charge < -0.3 is 20.5 Å². The molecule has 0 atom stereocenters. The Morgan fingerprint density at radius 1 is 1.02 bits per heavy atom. The molecule has 0 aliphatic heterocycles. The molecule has 0 unspecified atom stereocenters. The normalized spacial score (nSPS) is 11.7. The van der Waals surface area contributed by atoms with Gasteiger partial charge in [-0.3, -0.25) is 14.1 Å². The van der Waals surface area contributed by atoms with E-state index in [9.17, 15) is 17.6 Å². The Morgan fingerprint density at radius 3 is 2.48 bits per heavy atom. The Bertz CT molecular complexity index is 2120. The predicted molar refractivity (Wildman–Crippen MR) is 163 cm³/mol. The predicted octanol–water partition coefficient (Wildman–Crippen LogP) is 5.79. The molecule has 11 heteroatoms. The van der Waals surface area contributed by atoms with E-state index in [-0.39, 0.29) is 11.3 Å². The molecule has 0 spiro atoms. The first-order valence-corrected chi connectivity index (χ1v) is 14.8. The van der Waals surface area contributed by atoms with Gasteiger partial charge in [0.2, 0.25) is 10.0 Å². The molecule has 0 aliphatic rings. The minimum absolute atomic E-state index is 0.237. The van der Waals surface area contributed by atoms with E-state index in [4.69, 9.17) is 10.2 Å². The van der Waals surface area contributed by atoms with Crippen LogP contribution in [0.15, 0.2) is 83.4 Å². The maximum atomic E-state index is 13.7. The van der Waals surface area contributed by atoms with Crippen LogP contribution in [0.5, 0.6) is 0 Å². The fourth-order valence-corrected chi connectivity index (χ4v) is 5.53. The molecule has 0 fully saturated rings. The molecule has 0 aliphatic carbocycles. The number of nitrogens with zero attached hydrogens (tertiary/aromatic N) is 2. The number of sulfonamides is 1. The molecule has 42 heavy (non-hydrogen) atoms. The molecule has 6 aromatic rings. The summed E-state index contributed by atoms with van der Waals surface area (Å²) in [5.74, 6) is -0.600. The topological polar surface area (TPSA) is 134 Å². The zero-order valence-electron chi connectivity index (χ0n) is 22.9. The van der Waals surface area contributed by atoms with E-state index in [1.807, 2.05) is 30.3 Å². The highest BCUT2D eigenvalue weighted by Gasteiger charge is 2.26. The standard InChI is InChI=1S/C31H26FN5O4S/c1-34-31(38)29-22-14-20(18-11-12-35-25(13-18)26-15-21-23(33)5-4-6-24(21)36-26)27(37(2)42(3,39)40)16-28(22)41-30(29)17-7-9-19(32)10-8-17/h4-16,36H,33H2,1-3H3,(H,34,38). The molecule has 0 radical (unpaired) electrons. The molecule has 3 heterocycles. The summed E-state index contributed by atoms with van der Waals surface area (Å²) < 4.78 is 46.4. The van der Waals surface area contributed by atoms with Crippen molar-refractivity contribution in [3.05, 3.63) is 90.4 Å². The number of benzene rings is 3. The molecular formula is C31H26FN5O4S. The van der Waals surface area contributed by atoms with Crippen LogP contribution < -0.4 is 15.4 Å². The number of fused-ring (bicyclic) bond motifs is 2. The third-order valence-electron chi connectivity index (χ3n) is 7.25. The molecule has 212 valence electrons. The number of nitrogens with two attached hydrogens (primary N) is 1. The number of carbonyl (C=O) groups is 1. The van der Waals surface area contributed by atoms with Gasteiger partial charge in [-0.05, 0) is 66.2 Å². The molecule has 0 saturated heterocycles. The second kappa shape index (κ2) is 10.0. The minimum atomic E-state index is -3.69. The quantitative estimate of drug-likeness (QED) is 0.213. The van der Waals surface area contributed by atoms with Crippen molar-refractivity contribution in [3.63, 3.8) is 0 Å². The van der Waals surface area contributed by atoms with Gasteiger partial charge in [0.05, 0.1) is 28.9 Å². The monoisotopic (exact) mass is 583 g/mol. The lowest BCUT2D eigenvalue weighted by atomic mass is 9.98. The molecule has 6 rings (SSSR count). The fraction of sp³-hybridized carbons (Fsp3) is 0.0968. The van der Waals surface area contributed by atoms with Crippen LogP contribution in [0.2, 0.25) is 0 Å². The number of rotatable bonds is 6. The molecule has 9 nitrogen and oxygen atoms in total. The largest absolute Gasteiger partial charge is 0.455 e. The molecule has 3 aromatic carbocycles. The lowest BCUT2D eigenvalue weighted by Gasteiger charge is -2.21. The van der Waals surface area contributed by atoms with Crippen molar-refractivity contribution in [3.8, 4) is 33.8 Å². The number of H-pyrrole nitrogens is 1. The minimum Gasteiger partial charge on any atom is -0.455 e. The Labute approximate surface area is 240 Å². The first kappa shape index (κ1) is 27.0. The summed E-state index contributed by atoms with van der Waals surface area (Å²) in [5.41, 5.74) is 11.6. The number of nitrogen functional groups attached to an aromatic ring is 1. The van der Waals surface area contributed by atoms with Crippen molar-refractivity contribution in [2.45, 2.75) is 0 Å². The van der Waals surface area contributed by atoms with Crippen molar-refractivity contribution in [2.75, 3.05) is 30.4 Å². The number of halogens is 1. The van der Waals surface area contributed by atoms with Crippen LogP contribution >= 0.6 is 0 Å². The summed E-state index contributed by atoms with van der Waals surface area (Å²) in [6.45, 7) is 0. The van der Waals surface area contributed by atoms with E-state index in [1.165, 1.54) is 38.4 Å². The first-order valence-electron chi connectivity index (χ1n) is 12.9. The summed E-state index contributed by atoms with van der Waals surface area (Å²) in [4.78, 5) is 21.0. The number of anilines is 2. The first-order chi connectivity index (χ1) is 20.0. The van der Waals surface area contributed by atoms with Crippen LogP contribution in [0.4, 0.5) is 15.8 Å². The molecule has 0 saturated carbocycles. The van der Waals surface area contributed by atoms with Gasteiger partial charge in [-0.25, -0.2) is 12.8 Å². The average Bonchev–Trinajstić information content (AvgIpc) is 3.58. The highest BCUT2D eigenvalue weighted by Crippen LogP contribution is 2.42. The summed E-state index contributed by atoms with van der Waals surface area (Å²) in [5, 5.41) is 3.97. The number of nitrogens with one attached hydrogen (secondary N) is 2. The summed E-state index contributed by atoms with van der Waals surface area (Å²) in [7, 11) is -0.731. The lowest BCUT2D eigenvalue weighted by molar-refractivity contribution is 0.0964. The number of amides is 1. The molecule has 1 amide bonds. The zero-order valence-corrected chi connectivity index (χ0v) is 23.7. The Kier molecular flexibility index (Phi) is 6.46. The third-order valence-corrected chi connectivity index (χ3v) is 8.44. The number of carbonyl (C=O) groups excluding carboxylic acids is 1. The number of pyridine rings is 1. The van der Waals surface area contributed by atoms with Gasteiger partial charge in [-0.2, -0.15) is 0 Å². The molecular weight excluding hydrogens is 557 g/mol. The second-order valence-corrected chi connectivity index (χ2v) is 11.9. The molecule has 4 N–H and O–H groups in total. The van der Waals surface area contributed by atoms with Gasteiger partial charge >= 0.3 is 0 Å². The van der Waals surface area contributed by atoms with Crippen LogP contribution in [0, 0.1) is 5.82 Å². The number of hydrogen-bond donors (Lipinski definition) is 3. The summed E-state index contributed by atoms with van der Waals surface area (Å²) in [6, 6.07) is 20.0. The lowest BCUT2D eigenvalue weighted by Crippen LogP contribution is -2.25. The Balaban J connectivity index is 1.60. The highest BCUT2D eigenvalue weighted by molar-refractivity contribution is 7.92. The van der Waals surface area contributed by atoms with E-state index in [0.717, 1.165) is 27.2 Å². The van der Waals surface area contributed by atoms with Crippen molar-refractivity contribution in [1.82, 2.24) is 15.3 Å². The third kappa shape index (κ3) is 4.63. The highest BCUT2D eigenvalue weighted by atomic mass is 32.2. The van der Waals surface area contributed by atoms with Gasteiger partial charge in [-0.15, -0.1) is 0 Å². The molecule has 0 bridgehead atoms. The van der Waals surface area contributed by atoms with E-state index in [2.05, 4.69) is 15.3 Å². The number of hydrogen-bond acceptors (Lipinski definition) is 6. The van der Waals surface area contributed by atoms with Crippen molar-refractivity contribution >= 4 is 49.2 Å². The van der Waals surface area contributed by atoms with Crippen LogP contribution in [-0.4, -0.2) is 44.6 Å². The van der Waals surface area contributed by atoms with Crippen molar-refractivity contribution in [2.24, 2.45) is 0 Å². The van der Waals surface area contributed by atoms with Gasteiger partial charge in [-0.1, -0.05) is 6.07 Å². The fourth-order valence-electron chi connectivity index (χ4n) is 5.02. The van der Waals surface area contributed by atoms with Gasteiger partial charge in [0.15, 0.2) is 0 Å². The Morgan fingerprint density at radius 2 is 1.79 bits per heavy atom. The van der Waals surface area contributed by atoms with Crippen LogP contribution in [-0.2, 0) is 10.0 Å². The van der Waals surface area contributed by atoms with Gasteiger partial charge in [0, 0.05) is 59.5 Å². The van der Waals surface area contributed by atoms with E-state index < -0.39 is 21.7 Å². The maximum absolute atomic E-state index is 13.7. The number of aromatic amines is 1. The van der Waals surface area contributed by atoms with Crippen molar-refractivity contribution < 1.29 is 22.0 Å². The second-order valence-electron chi connectivity index (χ2n) is 9.91. The van der Waals surface area contributed by atoms with E-state index >= 15 is 0 Å². The zero-order chi connectivity index (χ0) is 29.8. The van der Waals surface area contributed by atoms with Gasteiger partial charge in [0.1, 0.15) is 17.2 Å². The van der Waals surface area contributed by atoms with Crippen LogP contribution in [0.25, 0.3) is 55.7 Å². The number of aromatic nitrogens is 2. The maximum Gasteiger partial charge on any atom is 0.255 e. The van der Waals surface area contributed by atoms with E-state index in [1.54, 1.807) is 24.4 Å². The van der Waals surface area contributed by atoms with Gasteiger partial charge in [0.25, 0.3) is 5.91 Å². The van der Waals surface area contributed by atoms with E-state index in [0.29, 0.717) is 44.7 Å². The molecule has 3 aromatic heterocycles. The van der Waals surface area contributed by atoms with Crippen LogP contribution in [0.3, 0.4) is 0 Å². The number of furan rings is 1.